The van der Waals surface area contributed by atoms with Gasteiger partial charge < -0.3 is 10.2 Å². The van der Waals surface area contributed by atoms with Gasteiger partial charge in [0.1, 0.15) is 12.1 Å². The Bertz CT molecular complexity index is 547. The third-order valence-electron chi connectivity index (χ3n) is 5.18. The first-order valence-electron chi connectivity index (χ1n) is 8.29. The van der Waals surface area contributed by atoms with Crippen molar-refractivity contribution in [2.45, 2.75) is 50.3 Å². The zero-order valence-corrected chi connectivity index (χ0v) is 14.9. The lowest BCUT2D eigenvalue weighted by molar-refractivity contribution is -0.139. The second kappa shape index (κ2) is 5.69. The summed E-state index contributed by atoms with van der Waals surface area (Å²) in [6.07, 6.45) is 2.84. The van der Waals surface area contributed by atoms with Gasteiger partial charge in [0.25, 0.3) is 5.91 Å². The van der Waals surface area contributed by atoms with Gasteiger partial charge >= 0.3 is 6.03 Å². The molecule has 3 fully saturated rings. The molecule has 0 aromatic carbocycles. The molecule has 23 heavy (non-hydrogen) atoms. The van der Waals surface area contributed by atoms with E-state index in [1.165, 1.54) is 0 Å². The molecule has 1 saturated carbocycles. The van der Waals surface area contributed by atoms with Crippen LogP contribution in [0.2, 0.25) is 0 Å². The van der Waals surface area contributed by atoms with Crippen molar-refractivity contribution in [2.24, 2.45) is 5.92 Å². The van der Waals surface area contributed by atoms with Gasteiger partial charge in [-0.2, -0.15) is 11.8 Å². The van der Waals surface area contributed by atoms with E-state index in [-0.39, 0.29) is 29.0 Å². The number of carbonyl (C=O) groups is 3. The van der Waals surface area contributed by atoms with Gasteiger partial charge in [-0.15, -0.1) is 0 Å². The highest BCUT2D eigenvalue weighted by Crippen LogP contribution is 2.42. The molecular weight excluding hydrogens is 314 g/mol. The molecular formula is C16H25N3O3S. The number of thioether (sulfide) groups is 1. The Kier molecular flexibility index (Phi) is 4.11. The van der Waals surface area contributed by atoms with Gasteiger partial charge in [-0.05, 0) is 32.1 Å². The predicted molar refractivity (Wildman–Crippen MR) is 89.1 cm³/mol. The lowest BCUT2D eigenvalue weighted by atomic mass is 9.96. The molecule has 7 heteroatoms. The SMILES string of the molecule is CC1(C)CCN(C(=O)CN2C(=O)NC(C)(C3CC3)C2=O)CCS1. The second-order valence-corrected chi connectivity index (χ2v) is 9.34. The quantitative estimate of drug-likeness (QED) is 0.790. The Balaban J connectivity index is 1.63. The van der Waals surface area contributed by atoms with E-state index in [0.29, 0.717) is 13.1 Å². The van der Waals surface area contributed by atoms with E-state index in [1.807, 2.05) is 11.8 Å². The molecule has 1 atom stereocenters. The van der Waals surface area contributed by atoms with Gasteiger partial charge in [-0.1, -0.05) is 13.8 Å². The number of urea groups is 1. The van der Waals surface area contributed by atoms with Crippen LogP contribution in [0.4, 0.5) is 4.79 Å². The van der Waals surface area contributed by atoms with Gasteiger partial charge in [-0.25, -0.2) is 4.79 Å². The number of rotatable bonds is 3. The summed E-state index contributed by atoms with van der Waals surface area (Å²) in [4.78, 5) is 40.2. The summed E-state index contributed by atoms with van der Waals surface area (Å²) in [6.45, 7) is 7.37. The number of amides is 4. The highest BCUT2D eigenvalue weighted by molar-refractivity contribution is 8.00. The normalized spacial score (nSPS) is 31.1. The lowest BCUT2D eigenvalue weighted by Gasteiger charge is -2.25. The average Bonchev–Trinajstić information content (AvgIpc) is 3.28. The number of nitrogens with one attached hydrogen (secondary N) is 1. The zero-order valence-electron chi connectivity index (χ0n) is 14.1. The van der Waals surface area contributed by atoms with Crippen molar-refractivity contribution in [1.82, 2.24) is 15.1 Å². The summed E-state index contributed by atoms with van der Waals surface area (Å²) in [5.41, 5.74) is -0.812. The minimum atomic E-state index is -0.812. The highest BCUT2D eigenvalue weighted by atomic mass is 32.2. The summed E-state index contributed by atoms with van der Waals surface area (Å²) in [5.74, 6) is 0.725. The first-order valence-corrected chi connectivity index (χ1v) is 9.27. The van der Waals surface area contributed by atoms with Crippen LogP contribution in [0.5, 0.6) is 0 Å². The smallest absolute Gasteiger partial charge is 0.325 e. The van der Waals surface area contributed by atoms with Crippen LogP contribution in [0.3, 0.4) is 0 Å². The molecule has 4 amide bonds. The van der Waals surface area contributed by atoms with Crippen molar-refractivity contribution in [3.05, 3.63) is 0 Å². The second-order valence-electron chi connectivity index (χ2n) is 7.54. The molecule has 3 rings (SSSR count). The number of hydrogen-bond donors (Lipinski definition) is 1. The molecule has 1 aliphatic carbocycles. The molecule has 6 nitrogen and oxygen atoms in total. The molecule has 0 aromatic heterocycles. The molecule has 0 radical (unpaired) electrons. The summed E-state index contributed by atoms with van der Waals surface area (Å²) < 4.78 is 0.167. The topological polar surface area (TPSA) is 69.7 Å². The fourth-order valence-electron chi connectivity index (χ4n) is 3.30. The number of carbonyl (C=O) groups excluding carboxylic acids is 3. The van der Waals surface area contributed by atoms with Gasteiger partial charge in [0.05, 0.1) is 0 Å². The Morgan fingerprint density at radius 2 is 1.96 bits per heavy atom. The molecule has 1 N–H and O–H groups in total. The molecule has 2 aliphatic heterocycles. The largest absolute Gasteiger partial charge is 0.340 e. The standard InChI is InChI=1S/C16H25N3O3S/c1-15(2)6-7-18(8-9-23-15)12(20)10-19-13(21)16(3,11-4-5-11)17-14(19)22/h11H,4-10H2,1-3H3,(H,17,22). The van der Waals surface area contributed by atoms with Crippen LogP contribution in [0, 0.1) is 5.92 Å². The Morgan fingerprint density at radius 3 is 2.61 bits per heavy atom. The first-order chi connectivity index (χ1) is 10.7. The molecule has 0 spiro atoms. The molecule has 0 bridgehead atoms. The molecule has 0 aromatic rings. The number of nitrogens with zero attached hydrogens (tertiary/aromatic N) is 2. The number of imide groups is 1. The minimum absolute atomic E-state index is 0.133. The van der Waals surface area contributed by atoms with Crippen LogP contribution >= 0.6 is 11.8 Å². The maximum Gasteiger partial charge on any atom is 0.325 e. The van der Waals surface area contributed by atoms with E-state index in [1.54, 1.807) is 11.8 Å². The number of hydrogen-bond acceptors (Lipinski definition) is 4. The molecule has 3 aliphatic rings. The third kappa shape index (κ3) is 3.20. The summed E-state index contributed by atoms with van der Waals surface area (Å²) in [6, 6.07) is -0.428. The van der Waals surface area contributed by atoms with Crippen molar-refractivity contribution >= 4 is 29.6 Å². The first kappa shape index (κ1) is 16.6. The maximum absolute atomic E-state index is 12.6. The van der Waals surface area contributed by atoms with Crippen molar-refractivity contribution in [3.8, 4) is 0 Å². The predicted octanol–water partition coefficient (Wildman–Crippen LogP) is 1.45. The Morgan fingerprint density at radius 1 is 1.26 bits per heavy atom. The molecule has 2 heterocycles. The monoisotopic (exact) mass is 339 g/mol. The summed E-state index contributed by atoms with van der Waals surface area (Å²) in [5, 5.41) is 2.79. The van der Waals surface area contributed by atoms with Crippen LogP contribution in [0.15, 0.2) is 0 Å². The molecule has 2 saturated heterocycles. The van der Waals surface area contributed by atoms with E-state index in [0.717, 1.165) is 29.9 Å². The zero-order chi connectivity index (χ0) is 16.8. The van der Waals surface area contributed by atoms with Crippen molar-refractivity contribution in [1.29, 1.82) is 0 Å². The van der Waals surface area contributed by atoms with Gasteiger partial charge in [0.15, 0.2) is 0 Å². The van der Waals surface area contributed by atoms with Crippen LogP contribution in [-0.4, -0.2) is 63.3 Å². The summed E-state index contributed by atoms with van der Waals surface area (Å²) in [7, 11) is 0. The fraction of sp³-hybridized carbons (Fsp3) is 0.812. The van der Waals surface area contributed by atoms with Gasteiger partial charge in [0, 0.05) is 23.6 Å². The Hall–Kier alpha value is -1.24. The molecule has 128 valence electrons. The molecule has 1 unspecified atom stereocenters. The highest BCUT2D eigenvalue weighted by Gasteiger charge is 2.56. The van der Waals surface area contributed by atoms with Crippen LogP contribution in [0.25, 0.3) is 0 Å². The van der Waals surface area contributed by atoms with E-state index >= 15 is 0 Å². The van der Waals surface area contributed by atoms with E-state index < -0.39 is 11.6 Å². The van der Waals surface area contributed by atoms with Crippen LogP contribution in [-0.2, 0) is 9.59 Å². The van der Waals surface area contributed by atoms with E-state index in [9.17, 15) is 14.4 Å². The van der Waals surface area contributed by atoms with Crippen molar-refractivity contribution < 1.29 is 14.4 Å². The van der Waals surface area contributed by atoms with Crippen LogP contribution in [0.1, 0.15) is 40.0 Å². The average molecular weight is 339 g/mol. The van der Waals surface area contributed by atoms with E-state index in [4.69, 9.17) is 0 Å². The van der Waals surface area contributed by atoms with E-state index in [2.05, 4.69) is 19.2 Å². The van der Waals surface area contributed by atoms with Crippen LogP contribution < -0.4 is 5.32 Å². The van der Waals surface area contributed by atoms with Crippen molar-refractivity contribution in [3.63, 3.8) is 0 Å². The third-order valence-corrected chi connectivity index (χ3v) is 6.55. The minimum Gasteiger partial charge on any atom is -0.340 e. The van der Waals surface area contributed by atoms with Crippen molar-refractivity contribution in [2.75, 3.05) is 25.4 Å². The maximum atomic E-state index is 12.6. The summed E-state index contributed by atoms with van der Waals surface area (Å²) >= 11 is 1.86. The van der Waals surface area contributed by atoms with Gasteiger partial charge in [-0.3, -0.25) is 14.5 Å². The lowest BCUT2D eigenvalue weighted by Crippen LogP contribution is -2.47. The van der Waals surface area contributed by atoms with Gasteiger partial charge in [0.2, 0.25) is 5.91 Å². The Labute approximate surface area is 141 Å². The fourth-order valence-corrected chi connectivity index (χ4v) is 4.40.